The van der Waals surface area contributed by atoms with Gasteiger partial charge in [0.05, 0.1) is 6.20 Å². The number of likely N-dealkylation sites (N-methyl/N-ethyl adjacent to an activating group) is 1. The summed E-state index contributed by atoms with van der Waals surface area (Å²) in [6.07, 6.45) is 1.58. The molecule has 0 aliphatic carbocycles. The quantitative estimate of drug-likeness (QED) is 0.790. The van der Waals surface area contributed by atoms with Gasteiger partial charge in [0.15, 0.2) is 5.03 Å². The summed E-state index contributed by atoms with van der Waals surface area (Å²) < 4.78 is 26.8. The van der Waals surface area contributed by atoms with E-state index in [0.717, 1.165) is 13.1 Å². The monoisotopic (exact) mass is 301 g/mol. The Morgan fingerprint density at radius 3 is 2.60 bits per heavy atom. The first kappa shape index (κ1) is 15.4. The van der Waals surface area contributed by atoms with E-state index < -0.39 is 10.0 Å². The fourth-order valence-electron chi connectivity index (χ4n) is 2.12. The molecule has 0 saturated carbocycles. The topological polar surface area (TPSA) is 81.3 Å². The van der Waals surface area contributed by atoms with Gasteiger partial charge >= 0.3 is 0 Å². The summed E-state index contributed by atoms with van der Waals surface area (Å²) in [5.74, 6) is 0. The molecular formula is C12H23N5O2S. The van der Waals surface area contributed by atoms with Crippen LogP contribution in [0.3, 0.4) is 0 Å². The van der Waals surface area contributed by atoms with Gasteiger partial charge in [0.25, 0.3) is 10.0 Å². The SMILES string of the molecule is CC(C)NCc1cn[nH]c1S(=O)(=O)N1CCN(C)CC1. The molecule has 1 fully saturated rings. The predicted molar refractivity (Wildman–Crippen MR) is 76.8 cm³/mol. The van der Waals surface area contributed by atoms with Crippen molar-refractivity contribution in [3.8, 4) is 0 Å². The number of nitrogens with zero attached hydrogens (tertiary/aromatic N) is 3. The second kappa shape index (κ2) is 6.21. The molecule has 2 rings (SSSR count). The number of sulfonamides is 1. The minimum Gasteiger partial charge on any atom is -0.310 e. The Morgan fingerprint density at radius 2 is 2.00 bits per heavy atom. The smallest absolute Gasteiger partial charge is 0.260 e. The van der Waals surface area contributed by atoms with Gasteiger partial charge in [-0.1, -0.05) is 13.8 Å². The van der Waals surface area contributed by atoms with Gasteiger partial charge in [-0.05, 0) is 7.05 Å². The molecular weight excluding hydrogens is 278 g/mol. The number of hydrogen-bond acceptors (Lipinski definition) is 5. The van der Waals surface area contributed by atoms with E-state index in [4.69, 9.17) is 0 Å². The van der Waals surface area contributed by atoms with Gasteiger partial charge in [0.2, 0.25) is 0 Å². The number of rotatable bonds is 5. The maximum Gasteiger partial charge on any atom is 0.260 e. The average Bonchev–Trinajstić information content (AvgIpc) is 2.86. The van der Waals surface area contributed by atoms with Gasteiger partial charge < -0.3 is 10.2 Å². The van der Waals surface area contributed by atoms with E-state index in [1.807, 2.05) is 20.9 Å². The Hall–Kier alpha value is -0.960. The molecule has 1 aliphatic heterocycles. The predicted octanol–water partition coefficient (Wildman–Crippen LogP) is -0.156. The van der Waals surface area contributed by atoms with Gasteiger partial charge in [-0.2, -0.15) is 9.40 Å². The summed E-state index contributed by atoms with van der Waals surface area (Å²) in [6.45, 7) is 7.10. The van der Waals surface area contributed by atoms with E-state index in [9.17, 15) is 8.42 Å². The standard InChI is InChI=1S/C12H23N5O2S/c1-10(2)13-8-11-9-14-15-12(11)20(18,19)17-6-4-16(3)5-7-17/h9-10,13H,4-8H2,1-3H3,(H,14,15). The van der Waals surface area contributed by atoms with Crippen LogP contribution in [-0.2, 0) is 16.6 Å². The zero-order valence-electron chi connectivity index (χ0n) is 12.3. The summed E-state index contributed by atoms with van der Waals surface area (Å²) in [6, 6.07) is 0.295. The van der Waals surface area contributed by atoms with E-state index in [2.05, 4.69) is 20.4 Å². The lowest BCUT2D eigenvalue weighted by Crippen LogP contribution is -2.47. The fourth-order valence-corrected chi connectivity index (χ4v) is 3.65. The third-order valence-corrected chi connectivity index (χ3v) is 5.35. The van der Waals surface area contributed by atoms with Gasteiger partial charge in [0.1, 0.15) is 0 Å². The number of H-pyrrole nitrogens is 1. The molecule has 0 radical (unpaired) electrons. The Bertz CT molecular complexity index is 532. The molecule has 7 nitrogen and oxygen atoms in total. The molecule has 1 saturated heterocycles. The van der Waals surface area contributed by atoms with E-state index in [1.165, 1.54) is 4.31 Å². The highest BCUT2D eigenvalue weighted by Crippen LogP contribution is 2.19. The van der Waals surface area contributed by atoms with Crippen LogP contribution in [-0.4, -0.2) is 67.1 Å². The van der Waals surface area contributed by atoms with Crippen LogP contribution in [0.5, 0.6) is 0 Å². The van der Waals surface area contributed by atoms with Gasteiger partial charge in [-0.25, -0.2) is 8.42 Å². The van der Waals surface area contributed by atoms with Crippen molar-refractivity contribution in [3.63, 3.8) is 0 Å². The van der Waals surface area contributed by atoms with E-state index in [1.54, 1.807) is 6.20 Å². The number of hydrogen-bond donors (Lipinski definition) is 2. The number of nitrogens with one attached hydrogen (secondary N) is 2. The molecule has 1 aromatic rings. The second-order valence-corrected chi connectivity index (χ2v) is 7.34. The minimum atomic E-state index is -3.47. The first-order chi connectivity index (χ1) is 9.41. The Balaban J connectivity index is 2.15. The molecule has 1 aliphatic rings. The van der Waals surface area contributed by atoms with Crippen LogP contribution in [0.2, 0.25) is 0 Å². The number of aromatic amines is 1. The summed E-state index contributed by atoms with van der Waals surface area (Å²) in [5, 5.41) is 9.98. The highest BCUT2D eigenvalue weighted by Gasteiger charge is 2.30. The molecule has 20 heavy (non-hydrogen) atoms. The third kappa shape index (κ3) is 3.38. The summed E-state index contributed by atoms with van der Waals surface area (Å²) in [7, 11) is -1.47. The van der Waals surface area contributed by atoms with Gasteiger partial charge in [-0.3, -0.25) is 5.10 Å². The van der Waals surface area contributed by atoms with Gasteiger partial charge in [0, 0.05) is 44.3 Å². The molecule has 2 N–H and O–H groups in total. The van der Waals surface area contributed by atoms with Crippen LogP contribution in [0.1, 0.15) is 19.4 Å². The lowest BCUT2D eigenvalue weighted by atomic mass is 10.3. The highest BCUT2D eigenvalue weighted by atomic mass is 32.2. The van der Waals surface area contributed by atoms with Crippen molar-refractivity contribution in [2.75, 3.05) is 33.2 Å². The normalized spacial score (nSPS) is 18.8. The van der Waals surface area contributed by atoms with Crippen LogP contribution in [0.4, 0.5) is 0 Å². The molecule has 2 heterocycles. The molecule has 1 aromatic heterocycles. The van der Waals surface area contributed by atoms with Crippen LogP contribution < -0.4 is 5.32 Å². The molecule has 8 heteroatoms. The minimum absolute atomic E-state index is 0.218. The summed E-state index contributed by atoms with van der Waals surface area (Å²) in [5.41, 5.74) is 0.692. The first-order valence-corrected chi connectivity index (χ1v) is 8.29. The van der Waals surface area contributed by atoms with Crippen molar-refractivity contribution in [3.05, 3.63) is 11.8 Å². The van der Waals surface area contributed by atoms with E-state index >= 15 is 0 Å². The molecule has 114 valence electrons. The lowest BCUT2D eigenvalue weighted by molar-refractivity contribution is 0.222. The maximum absolute atomic E-state index is 12.6. The molecule has 0 unspecified atom stereocenters. The molecule has 0 atom stereocenters. The van der Waals surface area contributed by atoms with Crippen molar-refractivity contribution >= 4 is 10.0 Å². The lowest BCUT2D eigenvalue weighted by Gasteiger charge is -2.31. The largest absolute Gasteiger partial charge is 0.310 e. The summed E-state index contributed by atoms with van der Waals surface area (Å²) >= 11 is 0. The highest BCUT2D eigenvalue weighted by molar-refractivity contribution is 7.89. The van der Waals surface area contributed by atoms with E-state index in [-0.39, 0.29) is 5.03 Å². The Morgan fingerprint density at radius 1 is 1.35 bits per heavy atom. The van der Waals surface area contributed by atoms with Crippen molar-refractivity contribution in [1.29, 1.82) is 0 Å². The third-order valence-electron chi connectivity index (χ3n) is 3.44. The fraction of sp³-hybridized carbons (Fsp3) is 0.750. The van der Waals surface area contributed by atoms with Crippen molar-refractivity contribution in [2.24, 2.45) is 0 Å². The molecule has 0 aromatic carbocycles. The zero-order valence-corrected chi connectivity index (χ0v) is 13.1. The van der Waals surface area contributed by atoms with Crippen LogP contribution in [0.15, 0.2) is 11.2 Å². The summed E-state index contributed by atoms with van der Waals surface area (Å²) in [4.78, 5) is 2.13. The second-order valence-electron chi connectivity index (χ2n) is 5.47. The molecule has 0 bridgehead atoms. The molecule has 0 spiro atoms. The number of piperazine rings is 1. The van der Waals surface area contributed by atoms with Gasteiger partial charge in [-0.15, -0.1) is 0 Å². The van der Waals surface area contributed by atoms with Crippen molar-refractivity contribution in [1.82, 2.24) is 24.7 Å². The van der Waals surface area contributed by atoms with Crippen molar-refractivity contribution in [2.45, 2.75) is 31.5 Å². The van der Waals surface area contributed by atoms with Crippen molar-refractivity contribution < 1.29 is 8.42 Å². The van der Waals surface area contributed by atoms with Crippen LogP contribution in [0, 0.1) is 0 Å². The average molecular weight is 301 g/mol. The van der Waals surface area contributed by atoms with Crippen LogP contribution >= 0.6 is 0 Å². The Kier molecular flexibility index (Phi) is 4.79. The number of aromatic nitrogens is 2. The first-order valence-electron chi connectivity index (χ1n) is 6.85. The zero-order chi connectivity index (χ0) is 14.8. The maximum atomic E-state index is 12.6. The van der Waals surface area contributed by atoms with Crippen LogP contribution in [0.25, 0.3) is 0 Å². The molecule has 0 amide bonds. The van der Waals surface area contributed by atoms with E-state index in [0.29, 0.717) is 31.2 Å². The Labute approximate surface area is 120 Å².